The number of hydrogen-bond acceptors (Lipinski definition) is 7. The number of benzene rings is 1. The van der Waals surface area contributed by atoms with Crippen molar-refractivity contribution < 1.29 is 19.4 Å². The predicted octanol–water partition coefficient (Wildman–Crippen LogP) is 1.79. The van der Waals surface area contributed by atoms with Crippen LogP contribution in [-0.2, 0) is 11.3 Å². The van der Waals surface area contributed by atoms with E-state index >= 15 is 0 Å². The summed E-state index contributed by atoms with van der Waals surface area (Å²) in [7, 11) is 0. The van der Waals surface area contributed by atoms with E-state index in [0.717, 1.165) is 11.3 Å². The maximum absolute atomic E-state index is 13.2. The van der Waals surface area contributed by atoms with Crippen molar-refractivity contribution >= 4 is 28.8 Å². The average molecular weight is 465 g/mol. The number of aliphatic hydroxyl groups is 1. The molecule has 3 aromatic rings. The summed E-state index contributed by atoms with van der Waals surface area (Å²) in [6.07, 6.45) is 4.86. The fourth-order valence-electron chi connectivity index (χ4n) is 4.45. The van der Waals surface area contributed by atoms with Crippen LogP contribution in [0.15, 0.2) is 36.8 Å². The van der Waals surface area contributed by atoms with Crippen LogP contribution in [0.4, 0.5) is 11.4 Å². The fourth-order valence-corrected chi connectivity index (χ4v) is 4.45. The number of ether oxygens (including phenoxy) is 1. The van der Waals surface area contributed by atoms with Gasteiger partial charge in [-0.2, -0.15) is 5.10 Å². The van der Waals surface area contributed by atoms with Gasteiger partial charge in [-0.15, -0.1) is 0 Å². The molecule has 0 saturated carbocycles. The summed E-state index contributed by atoms with van der Waals surface area (Å²) in [5.74, 6) is -0.374. The van der Waals surface area contributed by atoms with Crippen molar-refractivity contribution in [3.8, 4) is 0 Å². The van der Waals surface area contributed by atoms with Gasteiger partial charge in [-0.1, -0.05) is 13.8 Å². The van der Waals surface area contributed by atoms with Crippen molar-refractivity contribution in [2.75, 3.05) is 49.7 Å². The molecule has 0 bridgehead atoms. The molecule has 0 spiro atoms. The number of anilines is 2. The van der Waals surface area contributed by atoms with E-state index in [-0.39, 0.29) is 18.4 Å². The molecular formula is C24H28N6O4. The highest BCUT2D eigenvalue weighted by Crippen LogP contribution is 2.36. The molecule has 2 aromatic heterocycles. The molecule has 1 fully saturated rings. The summed E-state index contributed by atoms with van der Waals surface area (Å²) in [6.45, 7) is 7.20. The molecule has 2 aliphatic rings. The lowest BCUT2D eigenvalue weighted by atomic mass is 9.94. The Labute approximate surface area is 197 Å². The van der Waals surface area contributed by atoms with Gasteiger partial charge in [0.15, 0.2) is 5.65 Å². The summed E-state index contributed by atoms with van der Waals surface area (Å²) in [4.78, 5) is 34.6. The summed E-state index contributed by atoms with van der Waals surface area (Å²) >= 11 is 0. The second-order valence-electron chi connectivity index (χ2n) is 9.51. The molecule has 0 aliphatic carbocycles. The molecule has 1 aromatic carbocycles. The minimum atomic E-state index is -0.404. The quantitative estimate of drug-likeness (QED) is 0.572. The number of amides is 2. The Bertz CT molecular complexity index is 1250. The van der Waals surface area contributed by atoms with Crippen LogP contribution in [0.3, 0.4) is 0 Å². The van der Waals surface area contributed by atoms with Gasteiger partial charge in [-0.05, 0) is 23.8 Å². The smallest absolute Gasteiger partial charge is 0.261 e. The van der Waals surface area contributed by atoms with Crippen LogP contribution < -0.4 is 10.2 Å². The Morgan fingerprint density at radius 1 is 1.26 bits per heavy atom. The lowest BCUT2D eigenvalue weighted by Gasteiger charge is -2.31. The highest BCUT2D eigenvalue weighted by atomic mass is 16.5. The van der Waals surface area contributed by atoms with Crippen molar-refractivity contribution in [3.05, 3.63) is 53.5 Å². The Balaban J connectivity index is 1.49. The van der Waals surface area contributed by atoms with Crippen LogP contribution in [0.5, 0.6) is 0 Å². The van der Waals surface area contributed by atoms with E-state index in [4.69, 9.17) is 4.74 Å². The van der Waals surface area contributed by atoms with Gasteiger partial charge in [0.05, 0.1) is 30.8 Å². The van der Waals surface area contributed by atoms with E-state index in [2.05, 4.69) is 20.3 Å². The standard InChI is InChI=1S/C24H28N6O4/c1-24(2,15-31)14-29-13-16-10-19(20(11-17(16)23(29)33)28-6-8-34-9-7-28)27-22(32)18-12-26-30-5-3-4-25-21(18)30/h3-5,10-12,31H,6-9,13-15H2,1-2H3,(H,27,32). The zero-order valence-electron chi connectivity index (χ0n) is 19.3. The molecule has 0 radical (unpaired) electrons. The summed E-state index contributed by atoms with van der Waals surface area (Å²) in [5, 5.41) is 16.9. The number of carbonyl (C=O) groups is 2. The molecule has 5 rings (SSSR count). The molecule has 2 aliphatic heterocycles. The van der Waals surface area contributed by atoms with Crippen molar-refractivity contribution in [1.29, 1.82) is 0 Å². The van der Waals surface area contributed by atoms with Gasteiger partial charge >= 0.3 is 0 Å². The van der Waals surface area contributed by atoms with E-state index in [1.54, 1.807) is 27.9 Å². The van der Waals surface area contributed by atoms with Crippen molar-refractivity contribution in [2.24, 2.45) is 5.41 Å². The van der Waals surface area contributed by atoms with Gasteiger partial charge in [0.1, 0.15) is 5.56 Å². The van der Waals surface area contributed by atoms with Crippen LogP contribution >= 0.6 is 0 Å². The number of aliphatic hydroxyl groups excluding tert-OH is 1. The topological polar surface area (TPSA) is 112 Å². The lowest BCUT2D eigenvalue weighted by molar-refractivity contribution is 0.0625. The van der Waals surface area contributed by atoms with Crippen molar-refractivity contribution in [3.63, 3.8) is 0 Å². The van der Waals surface area contributed by atoms with Gasteiger partial charge in [-0.3, -0.25) is 9.59 Å². The first-order valence-corrected chi connectivity index (χ1v) is 11.4. The third-order valence-corrected chi connectivity index (χ3v) is 6.27. The first kappa shape index (κ1) is 22.3. The molecule has 10 heteroatoms. The SMILES string of the molecule is CC(C)(CO)CN1Cc2cc(NC(=O)c3cnn4cccnc34)c(N3CCOCC3)cc2C1=O. The highest BCUT2D eigenvalue weighted by Gasteiger charge is 2.33. The number of nitrogens with one attached hydrogen (secondary N) is 1. The van der Waals surface area contributed by atoms with E-state index in [9.17, 15) is 14.7 Å². The third-order valence-electron chi connectivity index (χ3n) is 6.27. The molecule has 178 valence electrons. The molecule has 10 nitrogen and oxygen atoms in total. The van der Waals surface area contributed by atoms with Gasteiger partial charge in [0, 0.05) is 56.2 Å². The summed E-state index contributed by atoms with van der Waals surface area (Å²) in [6, 6.07) is 5.51. The minimum Gasteiger partial charge on any atom is -0.396 e. The fraction of sp³-hybridized carbons (Fsp3) is 0.417. The predicted molar refractivity (Wildman–Crippen MR) is 126 cm³/mol. The molecule has 4 heterocycles. The zero-order chi connectivity index (χ0) is 23.9. The molecular weight excluding hydrogens is 436 g/mol. The minimum absolute atomic E-state index is 0.0128. The molecule has 1 saturated heterocycles. The number of aromatic nitrogens is 3. The largest absolute Gasteiger partial charge is 0.396 e. The normalized spacial score (nSPS) is 16.3. The lowest BCUT2D eigenvalue weighted by Crippen LogP contribution is -2.37. The first-order valence-electron chi connectivity index (χ1n) is 11.4. The van der Waals surface area contributed by atoms with E-state index in [0.29, 0.717) is 61.9 Å². The molecule has 2 N–H and O–H groups in total. The number of rotatable bonds is 6. The zero-order valence-corrected chi connectivity index (χ0v) is 19.3. The Kier molecular flexibility index (Phi) is 5.70. The maximum atomic E-state index is 13.2. The van der Waals surface area contributed by atoms with E-state index < -0.39 is 5.41 Å². The maximum Gasteiger partial charge on any atom is 0.261 e. The van der Waals surface area contributed by atoms with Crippen LogP contribution in [0.2, 0.25) is 0 Å². The third kappa shape index (κ3) is 4.10. The number of morpholine rings is 1. The second kappa shape index (κ2) is 8.69. The van der Waals surface area contributed by atoms with Gasteiger partial charge in [0.2, 0.25) is 0 Å². The molecule has 0 unspecified atom stereocenters. The molecule has 34 heavy (non-hydrogen) atoms. The van der Waals surface area contributed by atoms with Crippen LogP contribution in [0, 0.1) is 5.41 Å². The van der Waals surface area contributed by atoms with Crippen molar-refractivity contribution in [2.45, 2.75) is 20.4 Å². The Morgan fingerprint density at radius 2 is 2.06 bits per heavy atom. The number of carbonyl (C=O) groups excluding carboxylic acids is 2. The van der Waals surface area contributed by atoms with Crippen LogP contribution in [0.25, 0.3) is 5.65 Å². The number of hydrogen-bond donors (Lipinski definition) is 2. The number of fused-ring (bicyclic) bond motifs is 2. The highest BCUT2D eigenvalue weighted by molar-refractivity contribution is 6.10. The van der Waals surface area contributed by atoms with Crippen molar-refractivity contribution in [1.82, 2.24) is 19.5 Å². The van der Waals surface area contributed by atoms with E-state index in [1.165, 1.54) is 6.20 Å². The van der Waals surface area contributed by atoms with Crippen LogP contribution in [0.1, 0.15) is 40.1 Å². The number of nitrogens with zero attached hydrogens (tertiary/aromatic N) is 5. The Morgan fingerprint density at radius 3 is 2.82 bits per heavy atom. The van der Waals surface area contributed by atoms with Gasteiger partial charge in [0.25, 0.3) is 11.8 Å². The molecule has 0 atom stereocenters. The van der Waals surface area contributed by atoms with Gasteiger partial charge < -0.3 is 25.0 Å². The average Bonchev–Trinajstić information content (AvgIpc) is 3.40. The summed E-state index contributed by atoms with van der Waals surface area (Å²) < 4.78 is 7.06. The monoisotopic (exact) mass is 464 g/mol. The van der Waals surface area contributed by atoms with Crippen LogP contribution in [-0.4, -0.2) is 75.9 Å². The van der Waals surface area contributed by atoms with Gasteiger partial charge in [-0.25, -0.2) is 9.50 Å². The van der Waals surface area contributed by atoms with E-state index in [1.807, 2.05) is 26.0 Å². The first-order chi connectivity index (χ1) is 16.4. The Hall–Kier alpha value is -3.50. The molecule has 2 amide bonds. The second-order valence-corrected chi connectivity index (χ2v) is 9.51. The summed E-state index contributed by atoms with van der Waals surface area (Å²) in [5.41, 5.74) is 3.35.